The molecule has 1 amide bonds. The van der Waals surface area contributed by atoms with Crippen LogP contribution in [0.3, 0.4) is 0 Å². The fraction of sp³-hybridized carbons (Fsp3) is 0.0714. The monoisotopic (exact) mass is 277 g/mol. The molecule has 0 heterocycles. The summed E-state index contributed by atoms with van der Waals surface area (Å²) in [6, 6.07) is 10.6. The number of nitrogens with zero attached hydrogens (tertiary/aromatic N) is 1. The number of carbonyl (C=O) groups excluding carboxylic acids is 1. The van der Waals surface area contributed by atoms with Crippen molar-refractivity contribution in [2.45, 2.75) is 0 Å². The Labute approximate surface area is 115 Å². The molecule has 0 saturated heterocycles. The molecule has 0 aromatic heterocycles. The highest BCUT2D eigenvalue weighted by molar-refractivity contribution is 6.32. The molecule has 98 valence electrons. The summed E-state index contributed by atoms with van der Waals surface area (Å²) in [6.45, 7) is 0. The maximum absolute atomic E-state index is 12.2. The predicted molar refractivity (Wildman–Crippen MR) is 74.0 cm³/mol. The predicted octanol–water partition coefficient (Wildman–Crippen LogP) is 3.03. The van der Waals surface area contributed by atoms with Crippen molar-refractivity contribution in [3.05, 3.63) is 53.1 Å². The molecule has 4 nitrogen and oxygen atoms in total. The average molecular weight is 278 g/mol. The van der Waals surface area contributed by atoms with Crippen LogP contribution in [0.2, 0.25) is 5.02 Å². The van der Waals surface area contributed by atoms with Crippen LogP contribution in [-0.4, -0.2) is 23.2 Å². The Morgan fingerprint density at radius 2 is 1.89 bits per heavy atom. The first-order valence-electron chi connectivity index (χ1n) is 5.54. The molecule has 2 aromatic rings. The van der Waals surface area contributed by atoms with E-state index >= 15 is 0 Å². The average Bonchev–Trinajstić information content (AvgIpc) is 2.40. The maximum atomic E-state index is 12.2. The number of amides is 1. The summed E-state index contributed by atoms with van der Waals surface area (Å²) in [5.74, 6) is -0.272. The van der Waals surface area contributed by atoms with Crippen molar-refractivity contribution in [3.8, 4) is 11.5 Å². The normalized spacial score (nSPS) is 10.2. The number of phenols is 2. The maximum Gasteiger partial charge on any atom is 0.258 e. The quantitative estimate of drug-likeness (QED) is 0.887. The number of carbonyl (C=O) groups is 1. The number of hydrogen-bond acceptors (Lipinski definition) is 3. The number of anilines is 1. The van der Waals surface area contributed by atoms with Crippen LogP contribution < -0.4 is 4.90 Å². The van der Waals surface area contributed by atoms with Gasteiger partial charge in [-0.25, -0.2) is 0 Å². The van der Waals surface area contributed by atoms with Gasteiger partial charge in [0.15, 0.2) is 0 Å². The Morgan fingerprint density at radius 1 is 1.16 bits per heavy atom. The number of halogens is 1. The first kappa shape index (κ1) is 13.2. The summed E-state index contributed by atoms with van der Waals surface area (Å²) >= 11 is 5.77. The van der Waals surface area contributed by atoms with Crippen molar-refractivity contribution in [1.82, 2.24) is 0 Å². The van der Waals surface area contributed by atoms with E-state index in [4.69, 9.17) is 11.6 Å². The zero-order valence-electron chi connectivity index (χ0n) is 10.2. The van der Waals surface area contributed by atoms with Crippen LogP contribution >= 0.6 is 11.6 Å². The van der Waals surface area contributed by atoms with Crippen LogP contribution in [-0.2, 0) is 0 Å². The van der Waals surface area contributed by atoms with Crippen molar-refractivity contribution in [2.75, 3.05) is 11.9 Å². The van der Waals surface area contributed by atoms with E-state index in [9.17, 15) is 15.0 Å². The third-order valence-electron chi connectivity index (χ3n) is 2.72. The van der Waals surface area contributed by atoms with Crippen molar-refractivity contribution < 1.29 is 15.0 Å². The standard InChI is InChI=1S/C14H12ClNO3/c1-16(10-3-2-4-11(17)8-10)14(19)9-5-6-13(18)12(15)7-9/h2-8,17-18H,1H3. The number of benzene rings is 2. The summed E-state index contributed by atoms with van der Waals surface area (Å²) in [5, 5.41) is 18.9. The number of rotatable bonds is 2. The summed E-state index contributed by atoms with van der Waals surface area (Å²) in [4.78, 5) is 13.6. The molecule has 0 spiro atoms. The van der Waals surface area contributed by atoms with Gasteiger partial charge in [-0.05, 0) is 30.3 Å². The summed E-state index contributed by atoms with van der Waals surface area (Å²) < 4.78 is 0. The zero-order valence-corrected chi connectivity index (χ0v) is 10.9. The second kappa shape index (κ2) is 5.20. The second-order valence-corrected chi connectivity index (χ2v) is 4.46. The van der Waals surface area contributed by atoms with Gasteiger partial charge in [0.25, 0.3) is 5.91 Å². The van der Waals surface area contributed by atoms with Crippen LogP contribution in [0.15, 0.2) is 42.5 Å². The first-order chi connectivity index (χ1) is 8.99. The lowest BCUT2D eigenvalue weighted by atomic mass is 10.2. The lowest BCUT2D eigenvalue weighted by Gasteiger charge is -2.17. The smallest absolute Gasteiger partial charge is 0.258 e. The van der Waals surface area contributed by atoms with Crippen LogP contribution in [0, 0.1) is 0 Å². The van der Waals surface area contributed by atoms with E-state index in [1.54, 1.807) is 19.2 Å². The van der Waals surface area contributed by atoms with E-state index in [1.165, 1.54) is 35.2 Å². The topological polar surface area (TPSA) is 60.8 Å². The SMILES string of the molecule is CN(C(=O)c1ccc(O)c(Cl)c1)c1cccc(O)c1. The highest BCUT2D eigenvalue weighted by atomic mass is 35.5. The van der Waals surface area contributed by atoms with Gasteiger partial charge in [0.05, 0.1) is 5.02 Å². The molecular formula is C14H12ClNO3. The van der Waals surface area contributed by atoms with Gasteiger partial charge < -0.3 is 15.1 Å². The van der Waals surface area contributed by atoms with E-state index < -0.39 is 0 Å². The molecule has 0 atom stereocenters. The van der Waals surface area contributed by atoms with E-state index in [-0.39, 0.29) is 22.4 Å². The number of aromatic hydroxyl groups is 2. The fourth-order valence-corrected chi connectivity index (χ4v) is 1.83. The largest absolute Gasteiger partial charge is 0.508 e. The molecule has 0 unspecified atom stereocenters. The molecule has 2 N–H and O–H groups in total. The summed E-state index contributed by atoms with van der Waals surface area (Å²) in [7, 11) is 1.60. The van der Waals surface area contributed by atoms with Gasteiger partial charge in [-0.2, -0.15) is 0 Å². The summed E-state index contributed by atoms with van der Waals surface area (Å²) in [5.41, 5.74) is 0.919. The second-order valence-electron chi connectivity index (χ2n) is 4.05. The molecule has 0 fully saturated rings. The Morgan fingerprint density at radius 3 is 2.53 bits per heavy atom. The van der Waals surface area contributed by atoms with Crippen LogP contribution in [0.1, 0.15) is 10.4 Å². The molecule has 2 aromatic carbocycles. The Bertz CT molecular complexity index is 628. The highest BCUT2D eigenvalue weighted by Crippen LogP contribution is 2.26. The summed E-state index contributed by atoms with van der Waals surface area (Å²) in [6.07, 6.45) is 0. The first-order valence-corrected chi connectivity index (χ1v) is 5.92. The van der Waals surface area contributed by atoms with Crippen molar-refractivity contribution in [2.24, 2.45) is 0 Å². The minimum atomic E-state index is -0.285. The third-order valence-corrected chi connectivity index (χ3v) is 3.02. The van der Waals surface area contributed by atoms with Crippen molar-refractivity contribution >= 4 is 23.2 Å². The van der Waals surface area contributed by atoms with Gasteiger partial charge in [-0.1, -0.05) is 17.7 Å². The number of phenolic OH excluding ortho intramolecular Hbond substituents is 2. The number of hydrogen-bond donors (Lipinski definition) is 2. The molecule has 5 heteroatoms. The van der Waals surface area contributed by atoms with Crippen LogP contribution in [0.25, 0.3) is 0 Å². The molecule has 0 aliphatic heterocycles. The van der Waals surface area contributed by atoms with Gasteiger partial charge in [0.2, 0.25) is 0 Å². The molecule has 19 heavy (non-hydrogen) atoms. The molecule has 2 rings (SSSR count). The molecule has 0 aliphatic rings. The van der Waals surface area contributed by atoms with E-state index in [0.29, 0.717) is 11.3 Å². The lowest BCUT2D eigenvalue weighted by Crippen LogP contribution is -2.26. The van der Waals surface area contributed by atoms with E-state index in [0.717, 1.165) is 0 Å². The van der Waals surface area contributed by atoms with Crippen molar-refractivity contribution in [1.29, 1.82) is 0 Å². The van der Waals surface area contributed by atoms with Gasteiger partial charge in [-0.15, -0.1) is 0 Å². The molecule has 0 bridgehead atoms. The Hall–Kier alpha value is -2.20. The van der Waals surface area contributed by atoms with E-state index in [1.807, 2.05) is 0 Å². The minimum absolute atomic E-state index is 0.0711. The van der Waals surface area contributed by atoms with Gasteiger partial charge in [-0.3, -0.25) is 4.79 Å². The van der Waals surface area contributed by atoms with Crippen LogP contribution in [0.4, 0.5) is 5.69 Å². The molecular weight excluding hydrogens is 266 g/mol. The van der Waals surface area contributed by atoms with E-state index in [2.05, 4.69) is 0 Å². The van der Waals surface area contributed by atoms with Gasteiger partial charge in [0.1, 0.15) is 11.5 Å². The van der Waals surface area contributed by atoms with Gasteiger partial charge in [0, 0.05) is 24.4 Å². The van der Waals surface area contributed by atoms with Crippen LogP contribution in [0.5, 0.6) is 11.5 Å². The molecule has 0 aliphatic carbocycles. The minimum Gasteiger partial charge on any atom is -0.508 e. The molecule has 0 radical (unpaired) electrons. The Balaban J connectivity index is 2.30. The van der Waals surface area contributed by atoms with Crippen molar-refractivity contribution in [3.63, 3.8) is 0 Å². The zero-order chi connectivity index (χ0) is 14.0. The molecule has 0 saturated carbocycles. The van der Waals surface area contributed by atoms with Gasteiger partial charge >= 0.3 is 0 Å². The Kier molecular flexibility index (Phi) is 3.62. The lowest BCUT2D eigenvalue weighted by molar-refractivity contribution is 0.0993. The highest BCUT2D eigenvalue weighted by Gasteiger charge is 2.15. The fourth-order valence-electron chi connectivity index (χ4n) is 1.65. The third kappa shape index (κ3) is 2.80.